The first-order chi connectivity index (χ1) is 12.7. The highest BCUT2D eigenvalue weighted by atomic mass is 35.5. The van der Waals surface area contributed by atoms with Crippen molar-refractivity contribution in [2.75, 3.05) is 33.3 Å². The number of benzene rings is 1. The lowest BCUT2D eigenvalue weighted by atomic mass is 10.1. The Labute approximate surface area is 159 Å². The fraction of sp³-hybridized carbons (Fsp3) is 0.450. The average Bonchev–Trinajstić information content (AvgIpc) is 3.20. The summed E-state index contributed by atoms with van der Waals surface area (Å²) in [5.41, 5.74) is 0.579. The highest BCUT2D eigenvalue weighted by Crippen LogP contribution is 2.26. The maximum atomic E-state index is 12.4. The quantitative estimate of drug-likeness (QED) is 0.707. The van der Waals surface area contributed by atoms with Gasteiger partial charge in [0.25, 0.3) is 0 Å². The normalized spacial score (nSPS) is 16.4. The van der Waals surface area contributed by atoms with Gasteiger partial charge in [-0.15, -0.1) is 0 Å². The van der Waals surface area contributed by atoms with Gasteiger partial charge in [-0.2, -0.15) is 0 Å². The molecule has 140 valence electrons. The number of hydrogen-bond acceptors (Lipinski definition) is 5. The minimum absolute atomic E-state index is 0.00592. The van der Waals surface area contributed by atoms with Gasteiger partial charge in [-0.3, -0.25) is 9.69 Å². The largest absolute Gasteiger partial charge is 0.495 e. The lowest BCUT2D eigenvalue weighted by Crippen LogP contribution is -2.40. The lowest BCUT2D eigenvalue weighted by Gasteiger charge is -2.33. The highest BCUT2D eigenvalue weighted by Gasteiger charge is 2.24. The van der Waals surface area contributed by atoms with Gasteiger partial charge in [-0.25, -0.2) is 0 Å². The van der Waals surface area contributed by atoms with Gasteiger partial charge in [0, 0.05) is 12.1 Å². The molecule has 26 heavy (non-hydrogen) atoms. The van der Waals surface area contributed by atoms with E-state index in [1.54, 1.807) is 31.6 Å². The number of nitrogens with one attached hydrogen (secondary N) is 1. The monoisotopic (exact) mass is 376 g/mol. The molecule has 0 spiro atoms. The minimum atomic E-state index is 0.00592. The highest BCUT2D eigenvalue weighted by molar-refractivity contribution is 6.32. The first-order valence-electron chi connectivity index (χ1n) is 9.04. The van der Waals surface area contributed by atoms with Crippen molar-refractivity contribution in [2.24, 2.45) is 0 Å². The summed E-state index contributed by atoms with van der Waals surface area (Å²) in [6.45, 7) is 3.06. The van der Waals surface area contributed by atoms with Crippen LogP contribution in [0, 0.1) is 0 Å². The number of methoxy groups -OCH3 is 1. The molecule has 0 amide bonds. The SMILES string of the molecule is COc1ccc(C(=O)CNCC(c2ccco2)N2CCCCC2)cc1Cl. The number of furan rings is 1. The van der Waals surface area contributed by atoms with E-state index in [-0.39, 0.29) is 18.4 Å². The molecule has 1 atom stereocenters. The van der Waals surface area contributed by atoms with Gasteiger partial charge in [0.1, 0.15) is 11.5 Å². The van der Waals surface area contributed by atoms with Crippen molar-refractivity contribution < 1.29 is 13.9 Å². The number of ether oxygens (including phenoxy) is 1. The lowest BCUT2D eigenvalue weighted by molar-refractivity contribution is 0.0980. The second-order valence-corrected chi connectivity index (χ2v) is 6.94. The van der Waals surface area contributed by atoms with Crippen LogP contribution in [0.1, 0.15) is 41.4 Å². The van der Waals surface area contributed by atoms with Crippen molar-refractivity contribution in [3.63, 3.8) is 0 Å². The molecule has 1 aliphatic rings. The number of carbonyl (C=O) groups excluding carboxylic acids is 1. The molecule has 1 aromatic carbocycles. The second-order valence-electron chi connectivity index (χ2n) is 6.53. The number of hydrogen-bond donors (Lipinski definition) is 1. The summed E-state index contributed by atoms with van der Waals surface area (Å²) in [7, 11) is 1.56. The van der Waals surface area contributed by atoms with Crippen molar-refractivity contribution in [3.05, 3.63) is 52.9 Å². The molecule has 1 saturated heterocycles. The van der Waals surface area contributed by atoms with E-state index in [1.165, 1.54) is 19.3 Å². The van der Waals surface area contributed by atoms with Crippen molar-refractivity contribution in [2.45, 2.75) is 25.3 Å². The van der Waals surface area contributed by atoms with Crippen LogP contribution in [0.4, 0.5) is 0 Å². The summed E-state index contributed by atoms with van der Waals surface area (Å²) in [6, 6.07) is 9.18. The van der Waals surface area contributed by atoms with E-state index in [4.69, 9.17) is 20.8 Å². The summed E-state index contributed by atoms with van der Waals surface area (Å²) in [6.07, 6.45) is 5.41. The van der Waals surface area contributed by atoms with Crippen LogP contribution in [0.2, 0.25) is 5.02 Å². The molecular formula is C20H25ClN2O3. The predicted molar refractivity (Wildman–Crippen MR) is 102 cm³/mol. The Morgan fingerprint density at radius 3 is 2.77 bits per heavy atom. The molecule has 0 aliphatic carbocycles. The molecule has 6 heteroatoms. The Bertz CT molecular complexity index is 712. The summed E-state index contributed by atoms with van der Waals surface area (Å²) < 4.78 is 10.8. The van der Waals surface area contributed by atoms with Gasteiger partial charge in [-0.05, 0) is 56.3 Å². The Kier molecular flexibility index (Phi) is 6.72. The first kappa shape index (κ1) is 19.0. The molecule has 2 heterocycles. The molecule has 0 saturated carbocycles. The fourth-order valence-corrected chi connectivity index (χ4v) is 3.64. The number of rotatable bonds is 8. The van der Waals surface area contributed by atoms with Crippen LogP contribution in [-0.4, -0.2) is 44.0 Å². The summed E-state index contributed by atoms with van der Waals surface area (Å²) in [5, 5.41) is 3.74. The predicted octanol–water partition coefficient (Wildman–Crippen LogP) is 3.94. The molecule has 1 N–H and O–H groups in total. The molecule has 1 fully saturated rings. The van der Waals surface area contributed by atoms with E-state index in [0.29, 0.717) is 22.9 Å². The molecule has 3 rings (SSSR count). The van der Waals surface area contributed by atoms with Gasteiger partial charge < -0.3 is 14.5 Å². The maximum Gasteiger partial charge on any atom is 0.176 e. The van der Waals surface area contributed by atoms with E-state index in [0.717, 1.165) is 18.8 Å². The Morgan fingerprint density at radius 2 is 2.12 bits per heavy atom. The van der Waals surface area contributed by atoms with E-state index in [1.807, 2.05) is 12.1 Å². The number of nitrogens with zero attached hydrogens (tertiary/aromatic N) is 1. The van der Waals surface area contributed by atoms with E-state index in [9.17, 15) is 4.79 Å². The zero-order valence-electron chi connectivity index (χ0n) is 15.0. The van der Waals surface area contributed by atoms with Crippen LogP contribution in [0.15, 0.2) is 41.0 Å². The van der Waals surface area contributed by atoms with Crippen molar-refractivity contribution in [1.29, 1.82) is 0 Å². The number of piperidine rings is 1. The van der Waals surface area contributed by atoms with Gasteiger partial charge >= 0.3 is 0 Å². The Balaban J connectivity index is 1.59. The molecular weight excluding hydrogens is 352 g/mol. The van der Waals surface area contributed by atoms with E-state index >= 15 is 0 Å². The minimum Gasteiger partial charge on any atom is -0.495 e. The third kappa shape index (κ3) is 4.67. The molecule has 0 bridgehead atoms. The number of halogens is 1. The smallest absolute Gasteiger partial charge is 0.176 e. The third-order valence-electron chi connectivity index (χ3n) is 4.80. The maximum absolute atomic E-state index is 12.4. The molecule has 2 aromatic rings. The molecule has 1 aromatic heterocycles. The molecule has 0 radical (unpaired) electrons. The van der Waals surface area contributed by atoms with Gasteiger partial charge in [0.05, 0.1) is 31.0 Å². The van der Waals surface area contributed by atoms with Crippen LogP contribution in [0.3, 0.4) is 0 Å². The van der Waals surface area contributed by atoms with Gasteiger partial charge in [0.2, 0.25) is 0 Å². The second kappa shape index (κ2) is 9.21. The molecule has 5 nitrogen and oxygen atoms in total. The van der Waals surface area contributed by atoms with Gasteiger partial charge in [-0.1, -0.05) is 18.0 Å². The number of likely N-dealkylation sites (tertiary alicyclic amines) is 1. The van der Waals surface area contributed by atoms with Crippen LogP contribution < -0.4 is 10.1 Å². The van der Waals surface area contributed by atoms with Crippen LogP contribution in [0.5, 0.6) is 5.75 Å². The first-order valence-corrected chi connectivity index (χ1v) is 9.41. The van der Waals surface area contributed by atoms with E-state index in [2.05, 4.69) is 10.2 Å². The van der Waals surface area contributed by atoms with Crippen molar-refractivity contribution in [3.8, 4) is 5.75 Å². The average molecular weight is 377 g/mol. The summed E-state index contributed by atoms with van der Waals surface area (Å²) in [4.78, 5) is 14.9. The zero-order valence-corrected chi connectivity index (χ0v) is 15.8. The fourth-order valence-electron chi connectivity index (χ4n) is 3.38. The zero-order chi connectivity index (χ0) is 18.4. The van der Waals surface area contributed by atoms with Crippen LogP contribution in [0.25, 0.3) is 0 Å². The number of carbonyl (C=O) groups is 1. The molecule has 1 aliphatic heterocycles. The Morgan fingerprint density at radius 1 is 1.31 bits per heavy atom. The topological polar surface area (TPSA) is 54.7 Å². The van der Waals surface area contributed by atoms with Crippen molar-refractivity contribution in [1.82, 2.24) is 10.2 Å². The van der Waals surface area contributed by atoms with Gasteiger partial charge in [0.15, 0.2) is 5.78 Å². The summed E-state index contributed by atoms with van der Waals surface area (Å²) >= 11 is 6.11. The Hall–Kier alpha value is -1.82. The van der Waals surface area contributed by atoms with E-state index < -0.39 is 0 Å². The molecule has 1 unspecified atom stereocenters. The summed E-state index contributed by atoms with van der Waals surface area (Å²) in [5.74, 6) is 1.52. The third-order valence-corrected chi connectivity index (χ3v) is 5.10. The number of Topliss-reactive ketones (excluding diaryl/α,β-unsaturated/α-hetero) is 1. The van der Waals surface area contributed by atoms with Crippen LogP contribution in [-0.2, 0) is 0 Å². The number of ketones is 1. The van der Waals surface area contributed by atoms with Crippen molar-refractivity contribution >= 4 is 17.4 Å². The standard InChI is InChI=1S/C20H25ClN2O3/c1-25-19-8-7-15(12-16(19)21)18(24)14-22-13-17(20-6-5-11-26-20)23-9-3-2-4-10-23/h5-8,11-12,17,22H,2-4,9-10,13-14H2,1H3. The van der Waals surface area contributed by atoms with Crippen LogP contribution >= 0.6 is 11.6 Å².